The monoisotopic (exact) mass is 306 g/mol. The third-order valence-corrected chi connectivity index (χ3v) is 3.21. The van der Waals surface area contributed by atoms with Crippen LogP contribution in [-0.2, 0) is 11.3 Å². The molecule has 0 fully saturated rings. The van der Waals surface area contributed by atoms with Crippen LogP contribution in [0.25, 0.3) is 0 Å². The van der Waals surface area contributed by atoms with Crippen LogP contribution in [0.5, 0.6) is 11.6 Å². The molecule has 4 nitrogen and oxygen atoms in total. The third-order valence-electron chi connectivity index (χ3n) is 2.91. The van der Waals surface area contributed by atoms with E-state index in [9.17, 15) is 0 Å². The maximum Gasteiger partial charge on any atom is 0.219 e. The summed E-state index contributed by atoms with van der Waals surface area (Å²) < 4.78 is 10.7. The molecular weight excluding hydrogens is 288 g/mol. The van der Waals surface area contributed by atoms with E-state index in [2.05, 4.69) is 10.3 Å². The molecule has 0 radical (unpaired) electrons. The highest BCUT2D eigenvalue weighted by atomic mass is 35.5. The minimum Gasteiger partial charge on any atom is -0.437 e. The standard InChI is InChI=1S/C16H19ClN2O2/c1-12-3-5-15(14(17)9-12)21-16-6-4-13(11-19-16)10-18-7-8-20-2/h3-6,9,11,18H,7-8,10H2,1-2H3. The summed E-state index contributed by atoms with van der Waals surface area (Å²) in [5.74, 6) is 1.14. The third kappa shape index (κ3) is 5.01. The molecule has 1 aromatic heterocycles. The second-order valence-corrected chi connectivity index (χ2v) is 5.12. The lowest BCUT2D eigenvalue weighted by Gasteiger charge is -2.08. The molecule has 0 aliphatic carbocycles. The molecule has 2 aromatic rings. The molecule has 0 spiro atoms. The normalized spacial score (nSPS) is 10.6. The Kier molecular flexibility index (Phi) is 5.99. The van der Waals surface area contributed by atoms with E-state index < -0.39 is 0 Å². The van der Waals surface area contributed by atoms with Gasteiger partial charge in [-0.15, -0.1) is 0 Å². The molecule has 112 valence electrons. The number of benzene rings is 1. The van der Waals surface area contributed by atoms with Crippen molar-refractivity contribution in [2.75, 3.05) is 20.3 Å². The van der Waals surface area contributed by atoms with Crippen molar-refractivity contribution in [3.8, 4) is 11.6 Å². The molecule has 0 saturated carbocycles. The Bertz CT molecular complexity index is 573. The maximum absolute atomic E-state index is 6.13. The second kappa shape index (κ2) is 7.98. The van der Waals surface area contributed by atoms with Crippen LogP contribution in [0.3, 0.4) is 0 Å². The molecule has 0 amide bonds. The molecule has 0 saturated heterocycles. The van der Waals surface area contributed by atoms with Gasteiger partial charge in [0.15, 0.2) is 0 Å². The van der Waals surface area contributed by atoms with Gasteiger partial charge < -0.3 is 14.8 Å². The molecule has 1 heterocycles. The SMILES string of the molecule is COCCNCc1ccc(Oc2ccc(C)cc2Cl)nc1. The van der Waals surface area contributed by atoms with Crippen molar-refractivity contribution in [2.24, 2.45) is 0 Å². The van der Waals surface area contributed by atoms with Crippen molar-refractivity contribution in [1.29, 1.82) is 0 Å². The predicted molar refractivity (Wildman–Crippen MR) is 84.1 cm³/mol. The first-order chi connectivity index (χ1) is 10.2. The summed E-state index contributed by atoms with van der Waals surface area (Å²) >= 11 is 6.13. The van der Waals surface area contributed by atoms with E-state index in [1.165, 1.54) is 0 Å². The van der Waals surface area contributed by atoms with E-state index in [1.54, 1.807) is 13.3 Å². The molecule has 21 heavy (non-hydrogen) atoms. The van der Waals surface area contributed by atoms with Crippen molar-refractivity contribution >= 4 is 11.6 Å². The fourth-order valence-corrected chi connectivity index (χ4v) is 2.06. The van der Waals surface area contributed by atoms with E-state index in [1.807, 2.05) is 37.3 Å². The van der Waals surface area contributed by atoms with Crippen LogP contribution in [0.2, 0.25) is 5.02 Å². The van der Waals surface area contributed by atoms with Gasteiger partial charge in [0.2, 0.25) is 5.88 Å². The number of methoxy groups -OCH3 is 1. The van der Waals surface area contributed by atoms with E-state index in [-0.39, 0.29) is 0 Å². The highest BCUT2D eigenvalue weighted by molar-refractivity contribution is 6.32. The van der Waals surface area contributed by atoms with Gasteiger partial charge in [-0.25, -0.2) is 4.98 Å². The summed E-state index contributed by atoms with van der Waals surface area (Å²) in [6, 6.07) is 9.48. The van der Waals surface area contributed by atoms with Crippen molar-refractivity contribution < 1.29 is 9.47 Å². The van der Waals surface area contributed by atoms with E-state index in [0.717, 1.165) is 24.2 Å². The predicted octanol–water partition coefficient (Wildman–Crippen LogP) is 3.57. The van der Waals surface area contributed by atoms with Gasteiger partial charge in [-0.1, -0.05) is 23.7 Å². The van der Waals surface area contributed by atoms with Gasteiger partial charge in [0.25, 0.3) is 0 Å². The molecule has 0 unspecified atom stereocenters. The van der Waals surface area contributed by atoms with E-state index in [0.29, 0.717) is 23.3 Å². The number of pyridine rings is 1. The molecule has 0 atom stereocenters. The Morgan fingerprint density at radius 1 is 1.24 bits per heavy atom. The van der Waals surface area contributed by atoms with Gasteiger partial charge in [0, 0.05) is 32.5 Å². The summed E-state index contributed by atoms with van der Waals surface area (Å²) in [6.45, 7) is 4.25. The van der Waals surface area contributed by atoms with Crippen LogP contribution in [0.1, 0.15) is 11.1 Å². The van der Waals surface area contributed by atoms with E-state index >= 15 is 0 Å². The fourth-order valence-electron chi connectivity index (χ4n) is 1.78. The van der Waals surface area contributed by atoms with Crippen molar-refractivity contribution in [2.45, 2.75) is 13.5 Å². The number of rotatable bonds is 7. The summed E-state index contributed by atoms with van der Waals surface area (Å²) in [6.07, 6.45) is 1.79. The van der Waals surface area contributed by atoms with Crippen LogP contribution in [0.15, 0.2) is 36.5 Å². The number of hydrogen-bond acceptors (Lipinski definition) is 4. The first-order valence-corrected chi connectivity index (χ1v) is 7.15. The quantitative estimate of drug-likeness (QED) is 0.794. The molecule has 2 rings (SSSR count). The van der Waals surface area contributed by atoms with Crippen LogP contribution in [0, 0.1) is 6.92 Å². The van der Waals surface area contributed by atoms with Crippen LogP contribution in [-0.4, -0.2) is 25.2 Å². The second-order valence-electron chi connectivity index (χ2n) is 4.71. The van der Waals surface area contributed by atoms with Gasteiger partial charge in [-0.2, -0.15) is 0 Å². The van der Waals surface area contributed by atoms with Gasteiger partial charge in [-0.3, -0.25) is 0 Å². The number of halogens is 1. The van der Waals surface area contributed by atoms with Gasteiger partial charge in [0.05, 0.1) is 11.6 Å². The zero-order chi connectivity index (χ0) is 15.1. The zero-order valence-electron chi connectivity index (χ0n) is 12.2. The Balaban J connectivity index is 1.92. The van der Waals surface area contributed by atoms with Crippen molar-refractivity contribution in [3.63, 3.8) is 0 Å². The highest BCUT2D eigenvalue weighted by Crippen LogP contribution is 2.28. The fraction of sp³-hybridized carbons (Fsp3) is 0.312. The molecule has 0 aliphatic rings. The summed E-state index contributed by atoms with van der Waals surface area (Å²) in [5, 5.41) is 3.85. The smallest absolute Gasteiger partial charge is 0.219 e. The first-order valence-electron chi connectivity index (χ1n) is 6.77. The average molecular weight is 307 g/mol. The first kappa shape index (κ1) is 15.8. The van der Waals surface area contributed by atoms with Crippen molar-refractivity contribution in [3.05, 3.63) is 52.7 Å². The minimum atomic E-state index is 0.529. The number of nitrogens with zero attached hydrogens (tertiary/aromatic N) is 1. The maximum atomic E-state index is 6.13. The van der Waals surface area contributed by atoms with Crippen molar-refractivity contribution in [1.82, 2.24) is 10.3 Å². The van der Waals surface area contributed by atoms with E-state index in [4.69, 9.17) is 21.1 Å². The van der Waals surface area contributed by atoms with Gasteiger partial charge >= 0.3 is 0 Å². The summed E-state index contributed by atoms with van der Waals surface area (Å²) in [7, 11) is 1.69. The number of hydrogen-bond donors (Lipinski definition) is 1. The lowest BCUT2D eigenvalue weighted by Crippen LogP contribution is -2.18. The lowest BCUT2D eigenvalue weighted by molar-refractivity contribution is 0.199. The molecular formula is C16H19ClN2O2. The number of aryl methyl sites for hydroxylation is 1. The highest BCUT2D eigenvalue weighted by Gasteiger charge is 2.04. The van der Waals surface area contributed by atoms with Crippen LogP contribution >= 0.6 is 11.6 Å². The Labute approximate surface area is 130 Å². The van der Waals surface area contributed by atoms with Gasteiger partial charge in [-0.05, 0) is 30.2 Å². The number of nitrogens with one attached hydrogen (secondary N) is 1. The molecule has 1 N–H and O–H groups in total. The Morgan fingerprint density at radius 3 is 2.76 bits per heavy atom. The summed E-state index contributed by atoms with van der Waals surface area (Å²) in [5.41, 5.74) is 2.19. The minimum absolute atomic E-state index is 0.529. The average Bonchev–Trinajstić information content (AvgIpc) is 2.48. The van der Waals surface area contributed by atoms with Crippen LogP contribution < -0.4 is 10.1 Å². The summed E-state index contributed by atoms with van der Waals surface area (Å²) in [4.78, 5) is 4.28. The molecule has 1 aromatic carbocycles. The Morgan fingerprint density at radius 2 is 2.10 bits per heavy atom. The molecule has 5 heteroatoms. The Hall–Kier alpha value is -1.62. The zero-order valence-corrected chi connectivity index (χ0v) is 13.0. The topological polar surface area (TPSA) is 43.4 Å². The van der Waals surface area contributed by atoms with Crippen LogP contribution in [0.4, 0.5) is 0 Å². The van der Waals surface area contributed by atoms with Gasteiger partial charge in [0.1, 0.15) is 5.75 Å². The molecule has 0 aliphatic heterocycles. The number of ether oxygens (including phenoxy) is 2. The largest absolute Gasteiger partial charge is 0.437 e. The lowest BCUT2D eigenvalue weighted by atomic mass is 10.2. The molecule has 0 bridgehead atoms. The number of aromatic nitrogens is 1.